The van der Waals surface area contributed by atoms with E-state index in [1.165, 1.54) is 12.7 Å². The first-order valence-electron chi connectivity index (χ1n) is 8.27. The number of nitrogens with zero attached hydrogens (tertiary/aromatic N) is 7. The molecule has 1 aliphatic rings. The topological polar surface area (TPSA) is 80.0 Å². The highest BCUT2D eigenvalue weighted by atomic mass is 35.5. The fourth-order valence-corrected chi connectivity index (χ4v) is 3.49. The largest absolute Gasteiger partial charge is 0.353 e. The van der Waals surface area contributed by atoms with Gasteiger partial charge in [-0.3, -0.25) is 4.79 Å². The fourth-order valence-electron chi connectivity index (χ4n) is 2.96. The average Bonchev–Trinajstić information content (AvgIpc) is 3.22. The first-order chi connectivity index (χ1) is 13.1. The summed E-state index contributed by atoms with van der Waals surface area (Å²) in [6.07, 6.45) is 4.53. The maximum atomic E-state index is 12.7. The molecular weight excluding hydrogens is 389 g/mol. The Morgan fingerprint density at radius 1 is 0.889 bits per heavy atom. The van der Waals surface area contributed by atoms with E-state index in [0.29, 0.717) is 47.6 Å². The summed E-state index contributed by atoms with van der Waals surface area (Å²) in [6, 6.07) is 6.73. The molecule has 3 heterocycles. The highest BCUT2D eigenvalue weighted by Crippen LogP contribution is 2.21. The van der Waals surface area contributed by atoms with Gasteiger partial charge in [-0.25, -0.2) is 19.6 Å². The van der Waals surface area contributed by atoms with Crippen molar-refractivity contribution >= 4 is 34.9 Å². The van der Waals surface area contributed by atoms with E-state index < -0.39 is 0 Å². The summed E-state index contributed by atoms with van der Waals surface area (Å²) in [4.78, 5) is 29.1. The van der Waals surface area contributed by atoms with Gasteiger partial charge in [0.25, 0.3) is 5.91 Å². The van der Waals surface area contributed by atoms with Gasteiger partial charge in [-0.1, -0.05) is 23.2 Å². The van der Waals surface area contributed by atoms with Gasteiger partial charge in [0.05, 0.1) is 0 Å². The Labute approximate surface area is 165 Å². The van der Waals surface area contributed by atoms with Gasteiger partial charge in [0.15, 0.2) is 5.82 Å². The van der Waals surface area contributed by atoms with Gasteiger partial charge in [0.2, 0.25) is 0 Å². The number of carbonyl (C=O) groups excluding carboxylic acids is 1. The van der Waals surface area contributed by atoms with Crippen LogP contribution in [0.2, 0.25) is 10.0 Å². The second kappa shape index (κ2) is 7.50. The number of rotatable bonds is 3. The van der Waals surface area contributed by atoms with Crippen molar-refractivity contribution < 1.29 is 4.79 Å². The molecular formula is C17H15Cl2N7O. The molecule has 1 fully saturated rings. The summed E-state index contributed by atoms with van der Waals surface area (Å²) in [5.41, 5.74) is 0.497. The minimum absolute atomic E-state index is 0.0787. The minimum Gasteiger partial charge on any atom is -0.353 e. The molecule has 0 N–H and O–H groups in total. The maximum absolute atomic E-state index is 12.7. The number of benzene rings is 1. The summed E-state index contributed by atoms with van der Waals surface area (Å²) in [5, 5.41) is 4.98. The normalized spacial score (nSPS) is 14.4. The molecule has 4 rings (SSSR count). The van der Waals surface area contributed by atoms with Gasteiger partial charge in [0, 0.05) is 47.9 Å². The molecule has 0 unspecified atom stereocenters. The van der Waals surface area contributed by atoms with Crippen LogP contribution < -0.4 is 4.90 Å². The Morgan fingerprint density at radius 3 is 2.26 bits per heavy atom. The molecule has 8 nitrogen and oxygen atoms in total. The Bertz CT molecular complexity index is 935. The van der Waals surface area contributed by atoms with Crippen LogP contribution in [-0.2, 0) is 0 Å². The average molecular weight is 404 g/mol. The first-order valence-corrected chi connectivity index (χ1v) is 9.03. The molecule has 2 aromatic heterocycles. The third kappa shape index (κ3) is 3.86. The number of carbonyl (C=O) groups is 1. The van der Waals surface area contributed by atoms with Crippen molar-refractivity contribution in [2.75, 3.05) is 31.1 Å². The molecule has 0 bridgehead atoms. The zero-order chi connectivity index (χ0) is 18.8. The van der Waals surface area contributed by atoms with Gasteiger partial charge in [-0.05, 0) is 18.2 Å². The van der Waals surface area contributed by atoms with E-state index in [2.05, 4.69) is 25.0 Å². The third-order valence-corrected chi connectivity index (χ3v) is 4.73. The van der Waals surface area contributed by atoms with E-state index in [1.807, 2.05) is 6.07 Å². The third-order valence-electron chi connectivity index (χ3n) is 4.29. The van der Waals surface area contributed by atoms with Crippen molar-refractivity contribution in [3.05, 3.63) is 58.9 Å². The monoisotopic (exact) mass is 403 g/mol. The standard InChI is InChI=1S/C17H15Cl2N7O/c18-13-5-12(6-14(19)7-13)17(27)25-3-1-24(2-4-25)15-8-16(22-10-21-15)26-11-20-9-23-26/h5-11H,1-4H2. The number of piperazine rings is 1. The van der Waals surface area contributed by atoms with E-state index in [-0.39, 0.29) is 5.91 Å². The molecule has 138 valence electrons. The molecule has 1 amide bonds. The molecule has 1 saturated heterocycles. The molecule has 0 aliphatic carbocycles. The van der Waals surface area contributed by atoms with Gasteiger partial charge in [0.1, 0.15) is 24.8 Å². The molecule has 10 heteroatoms. The lowest BCUT2D eigenvalue weighted by Gasteiger charge is -2.35. The van der Waals surface area contributed by atoms with Crippen LogP contribution in [-0.4, -0.2) is 61.7 Å². The zero-order valence-electron chi connectivity index (χ0n) is 14.2. The van der Waals surface area contributed by atoms with Crippen molar-refractivity contribution in [3.8, 4) is 5.82 Å². The van der Waals surface area contributed by atoms with Gasteiger partial charge < -0.3 is 9.80 Å². The van der Waals surface area contributed by atoms with Gasteiger partial charge in [-0.2, -0.15) is 5.10 Å². The van der Waals surface area contributed by atoms with E-state index >= 15 is 0 Å². The van der Waals surface area contributed by atoms with Crippen LogP contribution >= 0.6 is 23.2 Å². The van der Waals surface area contributed by atoms with Crippen LogP contribution in [0.5, 0.6) is 0 Å². The minimum atomic E-state index is -0.0787. The summed E-state index contributed by atoms with van der Waals surface area (Å²) in [5.74, 6) is 1.35. The maximum Gasteiger partial charge on any atom is 0.254 e. The predicted molar refractivity (Wildman–Crippen MR) is 102 cm³/mol. The lowest BCUT2D eigenvalue weighted by atomic mass is 10.2. The number of anilines is 1. The highest BCUT2D eigenvalue weighted by Gasteiger charge is 2.23. The number of hydrogen-bond acceptors (Lipinski definition) is 6. The van der Waals surface area contributed by atoms with Crippen LogP contribution in [0.25, 0.3) is 5.82 Å². The predicted octanol–water partition coefficient (Wildman–Crippen LogP) is 2.33. The summed E-state index contributed by atoms with van der Waals surface area (Å²) < 4.78 is 1.58. The van der Waals surface area contributed by atoms with E-state index in [4.69, 9.17) is 23.2 Å². The Balaban J connectivity index is 1.45. The van der Waals surface area contributed by atoms with Crippen molar-refractivity contribution in [1.82, 2.24) is 29.6 Å². The molecule has 3 aromatic rings. The van der Waals surface area contributed by atoms with Crippen LogP contribution in [0.15, 0.2) is 43.2 Å². The van der Waals surface area contributed by atoms with Crippen molar-refractivity contribution in [2.45, 2.75) is 0 Å². The second-order valence-corrected chi connectivity index (χ2v) is 6.88. The fraction of sp³-hybridized carbons (Fsp3) is 0.235. The first kappa shape index (κ1) is 17.7. The summed E-state index contributed by atoms with van der Waals surface area (Å²) in [7, 11) is 0. The summed E-state index contributed by atoms with van der Waals surface area (Å²) in [6.45, 7) is 2.47. The lowest BCUT2D eigenvalue weighted by molar-refractivity contribution is 0.0746. The molecule has 27 heavy (non-hydrogen) atoms. The van der Waals surface area contributed by atoms with Crippen LogP contribution in [0.4, 0.5) is 5.82 Å². The van der Waals surface area contributed by atoms with Crippen LogP contribution in [0.3, 0.4) is 0 Å². The Hall–Kier alpha value is -2.71. The number of aromatic nitrogens is 5. The molecule has 0 spiro atoms. The van der Waals surface area contributed by atoms with E-state index in [1.54, 1.807) is 34.1 Å². The number of hydrogen-bond donors (Lipinski definition) is 0. The number of amides is 1. The smallest absolute Gasteiger partial charge is 0.254 e. The molecule has 1 aliphatic heterocycles. The van der Waals surface area contributed by atoms with Crippen molar-refractivity contribution in [1.29, 1.82) is 0 Å². The van der Waals surface area contributed by atoms with Crippen molar-refractivity contribution in [3.63, 3.8) is 0 Å². The molecule has 0 radical (unpaired) electrons. The molecule has 1 aromatic carbocycles. The molecule has 0 saturated carbocycles. The SMILES string of the molecule is O=C(c1cc(Cl)cc(Cl)c1)N1CCN(c2cc(-n3cncn3)ncn2)CC1. The summed E-state index contributed by atoms with van der Waals surface area (Å²) >= 11 is 12.0. The van der Waals surface area contributed by atoms with E-state index in [9.17, 15) is 4.79 Å². The van der Waals surface area contributed by atoms with Crippen molar-refractivity contribution in [2.24, 2.45) is 0 Å². The van der Waals surface area contributed by atoms with Crippen LogP contribution in [0.1, 0.15) is 10.4 Å². The molecule has 0 atom stereocenters. The van der Waals surface area contributed by atoms with Crippen LogP contribution in [0, 0.1) is 0 Å². The van der Waals surface area contributed by atoms with Gasteiger partial charge in [-0.15, -0.1) is 0 Å². The quantitative estimate of drug-likeness (QED) is 0.667. The van der Waals surface area contributed by atoms with E-state index in [0.717, 1.165) is 5.82 Å². The Morgan fingerprint density at radius 2 is 1.59 bits per heavy atom. The Kier molecular flexibility index (Phi) is 4.91. The zero-order valence-corrected chi connectivity index (χ0v) is 15.7. The second-order valence-electron chi connectivity index (χ2n) is 6.01. The lowest BCUT2D eigenvalue weighted by Crippen LogP contribution is -2.49. The highest BCUT2D eigenvalue weighted by molar-refractivity contribution is 6.35. The van der Waals surface area contributed by atoms with Gasteiger partial charge >= 0.3 is 0 Å². The number of halogens is 2.